The Balaban J connectivity index is 1.94. The largest absolute Gasteiger partial charge is 0.396 e. The van der Waals surface area contributed by atoms with Crippen molar-refractivity contribution in [1.29, 1.82) is 0 Å². The molecule has 0 aromatic heterocycles. The molecule has 3 N–H and O–H groups in total. The number of anilines is 2. The van der Waals surface area contributed by atoms with Crippen LogP contribution in [0.25, 0.3) is 0 Å². The van der Waals surface area contributed by atoms with Gasteiger partial charge in [-0.05, 0) is 42.3 Å². The molecule has 2 aromatic rings. The predicted molar refractivity (Wildman–Crippen MR) is 81.3 cm³/mol. The third kappa shape index (κ3) is 4.26. The molecule has 20 heavy (non-hydrogen) atoms. The first kappa shape index (κ1) is 14.4. The van der Waals surface area contributed by atoms with Crippen LogP contribution in [0, 0.1) is 0 Å². The second kappa shape index (κ2) is 6.93. The SMILES string of the molecule is O=C(Nc1ccc(CCO)cc1)Nc1cccc(Cl)c1. The van der Waals surface area contributed by atoms with Gasteiger partial charge in [-0.15, -0.1) is 0 Å². The maximum atomic E-state index is 11.8. The maximum absolute atomic E-state index is 11.8. The van der Waals surface area contributed by atoms with Crippen LogP contribution in [0.5, 0.6) is 0 Å². The fourth-order valence-electron chi connectivity index (χ4n) is 1.74. The molecule has 2 aromatic carbocycles. The quantitative estimate of drug-likeness (QED) is 0.807. The zero-order valence-electron chi connectivity index (χ0n) is 10.8. The zero-order chi connectivity index (χ0) is 14.4. The van der Waals surface area contributed by atoms with Gasteiger partial charge in [-0.1, -0.05) is 29.8 Å². The summed E-state index contributed by atoms with van der Waals surface area (Å²) in [5.74, 6) is 0. The first-order chi connectivity index (χ1) is 9.67. The summed E-state index contributed by atoms with van der Waals surface area (Å²) in [4.78, 5) is 11.8. The lowest BCUT2D eigenvalue weighted by Crippen LogP contribution is -2.19. The Labute approximate surface area is 122 Å². The highest BCUT2D eigenvalue weighted by atomic mass is 35.5. The minimum Gasteiger partial charge on any atom is -0.396 e. The molecule has 0 bridgehead atoms. The lowest BCUT2D eigenvalue weighted by Gasteiger charge is -2.08. The summed E-state index contributed by atoms with van der Waals surface area (Å²) in [7, 11) is 0. The minimum absolute atomic E-state index is 0.113. The van der Waals surface area contributed by atoms with Gasteiger partial charge in [0.05, 0.1) is 0 Å². The van der Waals surface area contributed by atoms with E-state index in [1.54, 1.807) is 36.4 Å². The van der Waals surface area contributed by atoms with Crippen LogP contribution < -0.4 is 10.6 Å². The number of amides is 2. The number of urea groups is 1. The van der Waals surface area contributed by atoms with E-state index >= 15 is 0 Å². The molecule has 0 spiro atoms. The van der Waals surface area contributed by atoms with Gasteiger partial charge in [0.25, 0.3) is 0 Å². The van der Waals surface area contributed by atoms with E-state index in [9.17, 15) is 4.79 Å². The van der Waals surface area contributed by atoms with Crippen molar-refractivity contribution in [2.45, 2.75) is 6.42 Å². The van der Waals surface area contributed by atoms with Crippen molar-refractivity contribution in [3.05, 3.63) is 59.1 Å². The van der Waals surface area contributed by atoms with E-state index in [-0.39, 0.29) is 12.6 Å². The highest BCUT2D eigenvalue weighted by Crippen LogP contribution is 2.15. The zero-order valence-corrected chi connectivity index (χ0v) is 11.5. The van der Waals surface area contributed by atoms with E-state index in [0.29, 0.717) is 22.8 Å². The molecule has 0 fully saturated rings. The summed E-state index contributed by atoms with van der Waals surface area (Å²) in [6, 6.07) is 13.9. The number of aliphatic hydroxyl groups is 1. The van der Waals surface area contributed by atoms with Gasteiger partial charge in [0.15, 0.2) is 0 Å². The third-order valence-corrected chi connectivity index (χ3v) is 2.93. The molecular weight excluding hydrogens is 276 g/mol. The number of carbonyl (C=O) groups is 1. The van der Waals surface area contributed by atoms with Crippen LogP contribution >= 0.6 is 11.6 Å². The molecule has 0 atom stereocenters. The lowest BCUT2D eigenvalue weighted by molar-refractivity contribution is 0.262. The number of hydrogen-bond donors (Lipinski definition) is 3. The Morgan fingerprint density at radius 3 is 2.40 bits per heavy atom. The Bertz CT molecular complexity index is 585. The van der Waals surface area contributed by atoms with E-state index in [1.807, 2.05) is 12.1 Å². The highest BCUT2D eigenvalue weighted by Gasteiger charge is 2.03. The van der Waals surface area contributed by atoms with Crippen LogP contribution in [-0.2, 0) is 6.42 Å². The molecule has 2 rings (SSSR count). The molecule has 5 heteroatoms. The Morgan fingerprint density at radius 2 is 1.75 bits per heavy atom. The highest BCUT2D eigenvalue weighted by molar-refractivity contribution is 6.30. The van der Waals surface area contributed by atoms with Crippen molar-refractivity contribution in [3.8, 4) is 0 Å². The Morgan fingerprint density at radius 1 is 1.05 bits per heavy atom. The van der Waals surface area contributed by atoms with Gasteiger partial charge < -0.3 is 15.7 Å². The number of halogens is 1. The van der Waals surface area contributed by atoms with Crippen LogP contribution in [0.15, 0.2) is 48.5 Å². The monoisotopic (exact) mass is 290 g/mol. The van der Waals surface area contributed by atoms with Crippen LogP contribution in [0.4, 0.5) is 16.2 Å². The van der Waals surface area contributed by atoms with Gasteiger partial charge in [-0.25, -0.2) is 4.79 Å². The molecule has 0 aliphatic carbocycles. The Hall–Kier alpha value is -2.04. The number of hydrogen-bond acceptors (Lipinski definition) is 2. The average molecular weight is 291 g/mol. The molecular formula is C15H15ClN2O2. The second-order valence-electron chi connectivity index (χ2n) is 4.26. The van der Waals surface area contributed by atoms with E-state index in [4.69, 9.17) is 16.7 Å². The van der Waals surface area contributed by atoms with Crippen molar-refractivity contribution in [3.63, 3.8) is 0 Å². The van der Waals surface area contributed by atoms with E-state index in [1.165, 1.54) is 0 Å². The topological polar surface area (TPSA) is 61.4 Å². The third-order valence-electron chi connectivity index (χ3n) is 2.69. The van der Waals surface area contributed by atoms with E-state index in [0.717, 1.165) is 5.56 Å². The van der Waals surface area contributed by atoms with Gasteiger partial charge in [-0.2, -0.15) is 0 Å². The van der Waals surface area contributed by atoms with Gasteiger partial charge in [0.2, 0.25) is 0 Å². The smallest absolute Gasteiger partial charge is 0.323 e. The first-order valence-corrected chi connectivity index (χ1v) is 6.58. The molecule has 0 unspecified atom stereocenters. The van der Waals surface area contributed by atoms with Gasteiger partial charge in [0, 0.05) is 23.0 Å². The predicted octanol–water partition coefficient (Wildman–Crippen LogP) is 3.52. The van der Waals surface area contributed by atoms with Crippen molar-refractivity contribution < 1.29 is 9.90 Å². The minimum atomic E-state index is -0.331. The van der Waals surface area contributed by atoms with Gasteiger partial charge >= 0.3 is 6.03 Å². The Kier molecular flexibility index (Phi) is 4.98. The van der Waals surface area contributed by atoms with E-state index in [2.05, 4.69) is 10.6 Å². The summed E-state index contributed by atoms with van der Waals surface area (Å²) in [5.41, 5.74) is 2.34. The second-order valence-corrected chi connectivity index (χ2v) is 4.70. The van der Waals surface area contributed by atoms with Crippen LogP contribution in [0.2, 0.25) is 5.02 Å². The van der Waals surface area contributed by atoms with Crippen LogP contribution in [0.1, 0.15) is 5.56 Å². The molecule has 2 amide bonds. The summed E-state index contributed by atoms with van der Waals surface area (Å²) < 4.78 is 0. The normalized spacial score (nSPS) is 10.1. The maximum Gasteiger partial charge on any atom is 0.323 e. The molecule has 0 heterocycles. The van der Waals surface area contributed by atoms with E-state index < -0.39 is 0 Å². The average Bonchev–Trinajstić information content (AvgIpc) is 2.41. The number of benzene rings is 2. The van der Waals surface area contributed by atoms with Crippen LogP contribution in [-0.4, -0.2) is 17.7 Å². The van der Waals surface area contributed by atoms with Crippen molar-refractivity contribution in [1.82, 2.24) is 0 Å². The molecule has 0 saturated carbocycles. The molecule has 0 aliphatic rings. The summed E-state index contributed by atoms with van der Waals surface area (Å²) in [6.07, 6.45) is 0.606. The summed E-state index contributed by atoms with van der Waals surface area (Å²) >= 11 is 5.84. The number of nitrogens with one attached hydrogen (secondary N) is 2. The molecule has 0 saturated heterocycles. The number of rotatable bonds is 4. The van der Waals surface area contributed by atoms with Crippen molar-refractivity contribution >= 4 is 29.0 Å². The fraction of sp³-hybridized carbons (Fsp3) is 0.133. The van der Waals surface area contributed by atoms with Gasteiger partial charge in [-0.3, -0.25) is 0 Å². The summed E-state index contributed by atoms with van der Waals surface area (Å²) in [6.45, 7) is 0.113. The molecule has 104 valence electrons. The number of carbonyl (C=O) groups excluding carboxylic acids is 1. The molecule has 4 nitrogen and oxygen atoms in total. The van der Waals surface area contributed by atoms with Crippen molar-refractivity contribution in [2.75, 3.05) is 17.2 Å². The molecule has 0 radical (unpaired) electrons. The summed E-state index contributed by atoms with van der Waals surface area (Å²) in [5, 5.41) is 14.8. The van der Waals surface area contributed by atoms with Gasteiger partial charge in [0.1, 0.15) is 0 Å². The number of aliphatic hydroxyl groups excluding tert-OH is 1. The fourth-order valence-corrected chi connectivity index (χ4v) is 1.93. The molecule has 0 aliphatic heterocycles. The first-order valence-electron chi connectivity index (χ1n) is 6.21. The lowest BCUT2D eigenvalue weighted by atomic mass is 10.1. The standard InChI is InChI=1S/C15H15ClN2O2/c16-12-2-1-3-14(10-12)18-15(20)17-13-6-4-11(5-7-13)8-9-19/h1-7,10,19H,8-9H2,(H2,17,18,20). The van der Waals surface area contributed by atoms with Crippen LogP contribution in [0.3, 0.4) is 0 Å². The van der Waals surface area contributed by atoms with Crippen molar-refractivity contribution in [2.24, 2.45) is 0 Å².